The van der Waals surface area contributed by atoms with Gasteiger partial charge in [0.25, 0.3) is 11.7 Å². The molecular formula is C30H24ClNO5. The Kier molecular flexibility index (Phi) is 6.59. The van der Waals surface area contributed by atoms with E-state index in [0.29, 0.717) is 39.9 Å². The molecule has 1 aliphatic rings. The number of carbonyl (C=O) groups is 2. The Bertz CT molecular complexity index is 1540. The topological polar surface area (TPSA) is 76.1 Å². The zero-order valence-corrected chi connectivity index (χ0v) is 21.0. The number of carbonyl (C=O) groups excluding carboxylic acids is 2. The summed E-state index contributed by atoms with van der Waals surface area (Å²) < 4.78 is 11.2. The number of aliphatic hydroxyl groups excluding tert-OH is 1. The quantitative estimate of drug-likeness (QED) is 0.180. The molecule has 1 saturated heterocycles. The predicted octanol–water partition coefficient (Wildman–Crippen LogP) is 6.53. The van der Waals surface area contributed by atoms with Gasteiger partial charge in [-0.2, -0.15) is 0 Å². The van der Waals surface area contributed by atoms with E-state index in [4.69, 9.17) is 21.1 Å². The van der Waals surface area contributed by atoms with Gasteiger partial charge in [0, 0.05) is 16.3 Å². The van der Waals surface area contributed by atoms with Crippen LogP contribution >= 0.6 is 11.6 Å². The Morgan fingerprint density at radius 2 is 1.65 bits per heavy atom. The van der Waals surface area contributed by atoms with Crippen LogP contribution in [0.5, 0.6) is 11.5 Å². The van der Waals surface area contributed by atoms with Gasteiger partial charge in [-0.15, -0.1) is 0 Å². The molecule has 1 aliphatic heterocycles. The lowest BCUT2D eigenvalue weighted by molar-refractivity contribution is -0.132. The number of amides is 1. The first-order valence-corrected chi connectivity index (χ1v) is 12.2. The van der Waals surface area contributed by atoms with Crippen molar-refractivity contribution in [2.24, 2.45) is 0 Å². The second-order valence-corrected chi connectivity index (χ2v) is 8.99. The SMILES string of the molecule is CCOc1cc(C2/C(=C(\O)c3ccc4ccccc4c3)C(=O)C(=O)N2c2ccc(Cl)cc2)ccc1OC. The maximum atomic E-state index is 13.5. The summed E-state index contributed by atoms with van der Waals surface area (Å²) in [6.07, 6.45) is 0. The number of aliphatic hydroxyl groups is 1. The maximum Gasteiger partial charge on any atom is 0.300 e. The van der Waals surface area contributed by atoms with Gasteiger partial charge in [-0.1, -0.05) is 54.1 Å². The molecule has 4 aromatic carbocycles. The number of hydrogen-bond donors (Lipinski definition) is 1. The normalized spacial score (nSPS) is 16.8. The first kappa shape index (κ1) is 24.4. The van der Waals surface area contributed by atoms with Gasteiger partial charge in [0.05, 0.1) is 25.3 Å². The molecular weight excluding hydrogens is 490 g/mol. The van der Waals surface area contributed by atoms with Crippen LogP contribution in [0.2, 0.25) is 5.02 Å². The summed E-state index contributed by atoms with van der Waals surface area (Å²) >= 11 is 6.08. The van der Waals surface area contributed by atoms with E-state index in [1.165, 1.54) is 12.0 Å². The number of anilines is 1. The van der Waals surface area contributed by atoms with Gasteiger partial charge in [0.15, 0.2) is 11.5 Å². The number of rotatable bonds is 6. The standard InChI is InChI=1S/C30H24ClNO5/c1-3-37-25-17-20(10-15-24(25)36-2)27-26(28(33)21-9-8-18-6-4-5-7-19(18)16-21)29(34)30(35)32(27)23-13-11-22(31)12-14-23/h4-17,27,33H,3H2,1-2H3/b28-26+. The van der Waals surface area contributed by atoms with E-state index in [1.54, 1.807) is 54.6 Å². The molecule has 0 aliphatic carbocycles. The van der Waals surface area contributed by atoms with Crippen molar-refractivity contribution >= 4 is 45.5 Å². The molecule has 1 N–H and O–H groups in total. The summed E-state index contributed by atoms with van der Waals surface area (Å²) in [7, 11) is 1.54. The van der Waals surface area contributed by atoms with E-state index in [2.05, 4.69) is 0 Å². The summed E-state index contributed by atoms with van der Waals surface area (Å²) in [4.78, 5) is 28.2. The Morgan fingerprint density at radius 1 is 0.919 bits per heavy atom. The fraction of sp³-hybridized carbons (Fsp3) is 0.133. The Balaban J connectivity index is 1.73. The summed E-state index contributed by atoms with van der Waals surface area (Å²) in [6.45, 7) is 2.25. The number of ether oxygens (including phenoxy) is 2. The van der Waals surface area contributed by atoms with Crippen molar-refractivity contribution in [3.63, 3.8) is 0 Å². The van der Waals surface area contributed by atoms with Crippen molar-refractivity contribution < 1.29 is 24.2 Å². The average Bonchev–Trinajstić information content (AvgIpc) is 3.18. The largest absolute Gasteiger partial charge is 0.507 e. The third-order valence-corrected chi connectivity index (χ3v) is 6.63. The molecule has 0 radical (unpaired) electrons. The second kappa shape index (κ2) is 9.99. The van der Waals surface area contributed by atoms with Crippen LogP contribution < -0.4 is 14.4 Å². The minimum absolute atomic E-state index is 0.0113. The molecule has 1 atom stereocenters. The molecule has 1 heterocycles. The number of benzene rings is 4. The van der Waals surface area contributed by atoms with Crippen molar-refractivity contribution in [1.82, 2.24) is 0 Å². The molecule has 0 saturated carbocycles. The zero-order chi connectivity index (χ0) is 26.1. The van der Waals surface area contributed by atoms with E-state index < -0.39 is 17.7 Å². The number of nitrogens with zero attached hydrogens (tertiary/aromatic N) is 1. The lowest BCUT2D eigenvalue weighted by Gasteiger charge is -2.26. The molecule has 5 rings (SSSR count). The summed E-state index contributed by atoms with van der Waals surface area (Å²) in [5.41, 5.74) is 1.49. The minimum atomic E-state index is -0.905. The third-order valence-electron chi connectivity index (χ3n) is 6.38. The second-order valence-electron chi connectivity index (χ2n) is 8.55. The van der Waals surface area contributed by atoms with Crippen molar-refractivity contribution in [3.8, 4) is 11.5 Å². The molecule has 0 spiro atoms. The highest BCUT2D eigenvalue weighted by atomic mass is 35.5. The fourth-order valence-corrected chi connectivity index (χ4v) is 4.77. The van der Waals surface area contributed by atoms with Gasteiger partial charge < -0.3 is 14.6 Å². The van der Waals surface area contributed by atoms with Crippen LogP contribution in [0.4, 0.5) is 5.69 Å². The van der Waals surface area contributed by atoms with Crippen LogP contribution in [-0.4, -0.2) is 30.5 Å². The highest BCUT2D eigenvalue weighted by Gasteiger charge is 2.47. The van der Waals surface area contributed by atoms with Crippen LogP contribution in [0.1, 0.15) is 24.1 Å². The smallest absolute Gasteiger partial charge is 0.300 e. The molecule has 186 valence electrons. The molecule has 1 fully saturated rings. The van der Waals surface area contributed by atoms with Crippen LogP contribution in [0, 0.1) is 0 Å². The summed E-state index contributed by atoms with van der Waals surface area (Å²) in [6, 6.07) is 24.1. The maximum absolute atomic E-state index is 13.5. The fourth-order valence-electron chi connectivity index (χ4n) is 4.64. The van der Waals surface area contributed by atoms with E-state index in [0.717, 1.165) is 10.8 Å². The minimum Gasteiger partial charge on any atom is -0.507 e. The Morgan fingerprint density at radius 3 is 2.35 bits per heavy atom. The molecule has 1 unspecified atom stereocenters. The first-order chi connectivity index (χ1) is 17.9. The van der Waals surface area contributed by atoms with Crippen molar-refractivity contribution in [2.45, 2.75) is 13.0 Å². The molecule has 0 aromatic heterocycles. The monoisotopic (exact) mass is 513 g/mol. The van der Waals surface area contributed by atoms with Gasteiger partial charge in [0.2, 0.25) is 0 Å². The van der Waals surface area contributed by atoms with Gasteiger partial charge in [-0.3, -0.25) is 14.5 Å². The van der Waals surface area contributed by atoms with E-state index in [1.807, 2.05) is 37.3 Å². The van der Waals surface area contributed by atoms with Crippen LogP contribution in [0.3, 0.4) is 0 Å². The van der Waals surface area contributed by atoms with Gasteiger partial charge in [-0.05, 0) is 65.7 Å². The van der Waals surface area contributed by atoms with Gasteiger partial charge in [-0.25, -0.2) is 0 Å². The summed E-state index contributed by atoms with van der Waals surface area (Å²) in [5.74, 6) is -0.791. The number of methoxy groups -OCH3 is 1. The number of hydrogen-bond acceptors (Lipinski definition) is 5. The number of Topliss-reactive ketones (excluding diaryl/α,β-unsaturated/α-hetero) is 1. The lowest BCUT2D eigenvalue weighted by Crippen LogP contribution is -2.29. The van der Waals surface area contributed by atoms with E-state index in [9.17, 15) is 14.7 Å². The third kappa shape index (κ3) is 4.41. The summed E-state index contributed by atoms with van der Waals surface area (Å²) in [5, 5.41) is 13.9. The van der Waals surface area contributed by atoms with Gasteiger partial charge >= 0.3 is 0 Å². The predicted molar refractivity (Wildman–Crippen MR) is 144 cm³/mol. The first-order valence-electron chi connectivity index (χ1n) is 11.8. The van der Waals surface area contributed by atoms with Crippen molar-refractivity contribution in [1.29, 1.82) is 0 Å². The van der Waals surface area contributed by atoms with Crippen LogP contribution in [-0.2, 0) is 9.59 Å². The number of halogens is 1. The molecule has 6 nitrogen and oxygen atoms in total. The van der Waals surface area contributed by atoms with Crippen molar-refractivity contribution in [3.05, 3.63) is 107 Å². The Labute approximate surface area is 219 Å². The number of fused-ring (bicyclic) bond motifs is 1. The van der Waals surface area contributed by atoms with E-state index >= 15 is 0 Å². The lowest BCUT2D eigenvalue weighted by atomic mass is 9.94. The van der Waals surface area contributed by atoms with Crippen LogP contribution in [0.25, 0.3) is 16.5 Å². The molecule has 1 amide bonds. The molecule has 4 aromatic rings. The molecule has 7 heteroatoms. The van der Waals surface area contributed by atoms with Crippen molar-refractivity contribution in [2.75, 3.05) is 18.6 Å². The van der Waals surface area contributed by atoms with Gasteiger partial charge in [0.1, 0.15) is 5.76 Å². The average molecular weight is 514 g/mol. The highest BCUT2D eigenvalue weighted by molar-refractivity contribution is 6.51. The highest BCUT2D eigenvalue weighted by Crippen LogP contribution is 2.44. The Hall–Kier alpha value is -4.29. The zero-order valence-electron chi connectivity index (χ0n) is 20.3. The number of ketones is 1. The molecule has 0 bridgehead atoms. The molecule has 37 heavy (non-hydrogen) atoms. The van der Waals surface area contributed by atoms with Crippen LogP contribution in [0.15, 0.2) is 90.5 Å². The van der Waals surface area contributed by atoms with E-state index in [-0.39, 0.29) is 11.3 Å².